The van der Waals surface area contributed by atoms with Crippen LogP contribution in [0.1, 0.15) is 12.0 Å². The summed E-state index contributed by atoms with van der Waals surface area (Å²) in [7, 11) is 0. The Bertz CT molecular complexity index is 562. The predicted octanol–water partition coefficient (Wildman–Crippen LogP) is 4.89. The average Bonchev–Trinajstić information content (AvgIpc) is 2.34. The van der Waals surface area contributed by atoms with E-state index in [2.05, 4.69) is 6.58 Å². The van der Waals surface area contributed by atoms with Crippen LogP contribution in [0.25, 0.3) is 10.8 Å². The molecule has 0 radical (unpaired) electrons. The summed E-state index contributed by atoms with van der Waals surface area (Å²) >= 11 is 0. The molecule has 0 N–H and O–H groups in total. The number of aryl methyl sites for hydroxylation is 1. The number of hydrogen-bond donors (Lipinski definition) is 0. The van der Waals surface area contributed by atoms with Gasteiger partial charge in [0.2, 0.25) is 0 Å². The Labute approximate surface area is 104 Å². The molecule has 0 spiro atoms. The van der Waals surface area contributed by atoms with E-state index >= 15 is 0 Å². The number of fused-ring (bicyclic) bond motifs is 1. The predicted molar refractivity (Wildman–Crippen MR) is 67.5 cm³/mol. The van der Waals surface area contributed by atoms with Gasteiger partial charge in [-0.3, -0.25) is 0 Å². The molecule has 0 nitrogen and oxygen atoms in total. The fourth-order valence-electron chi connectivity index (χ4n) is 1.94. The van der Waals surface area contributed by atoms with Gasteiger partial charge in [0.05, 0.1) is 0 Å². The third-order valence-corrected chi connectivity index (χ3v) is 2.98. The Morgan fingerprint density at radius 1 is 1.00 bits per heavy atom. The summed E-state index contributed by atoms with van der Waals surface area (Å²) in [6.45, 7) is 3.10. The van der Waals surface area contributed by atoms with Gasteiger partial charge in [-0.05, 0) is 29.2 Å². The van der Waals surface area contributed by atoms with Crippen LogP contribution >= 0.6 is 0 Å². The van der Waals surface area contributed by atoms with Crippen molar-refractivity contribution in [1.29, 1.82) is 0 Å². The SMILES string of the molecule is C=C(CCc1cccc2ccccc12)C(F)(F)F. The first-order valence-corrected chi connectivity index (χ1v) is 5.70. The molecule has 0 aliphatic carbocycles. The summed E-state index contributed by atoms with van der Waals surface area (Å²) in [6.07, 6.45) is -3.98. The number of benzene rings is 2. The highest BCUT2D eigenvalue weighted by atomic mass is 19.4. The molecule has 0 atom stereocenters. The highest BCUT2D eigenvalue weighted by Gasteiger charge is 2.31. The monoisotopic (exact) mass is 250 g/mol. The first kappa shape index (κ1) is 12.7. The Kier molecular flexibility index (Phi) is 3.41. The summed E-state index contributed by atoms with van der Waals surface area (Å²) in [5.41, 5.74) is 0.258. The second-order valence-corrected chi connectivity index (χ2v) is 4.24. The lowest BCUT2D eigenvalue weighted by atomic mass is 9.99. The average molecular weight is 250 g/mol. The van der Waals surface area contributed by atoms with Crippen molar-refractivity contribution in [3.63, 3.8) is 0 Å². The maximum Gasteiger partial charge on any atom is 0.412 e. The van der Waals surface area contributed by atoms with E-state index in [1.807, 2.05) is 42.5 Å². The molecule has 0 unspecified atom stereocenters. The highest BCUT2D eigenvalue weighted by Crippen LogP contribution is 2.28. The molecule has 0 aliphatic heterocycles. The minimum absolute atomic E-state index is 0.0580. The molecular formula is C15H13F3. The van der Waals surface area contributed by atoms with E-state index in [0.717, 1.165) is 16.3 Å². The van der Waals surface area contributed by atoms with Gasteiger partial charge in [0, 0.05) is 5.57 Å². The third-order valence-electron chi connectivity index (χ3n) is 2.98. The van der Waals surface area contributed by atoms with Crippen LogP contribution in [0, 0.1) is 0 Å². The molecule has 18 heavy (non-hydrogen) atoms. The number of rotatable bonds is 3. The van der Waals surface area contributed by atoms with E-state index in [9.17, 15) is 13.2 Å². The number of alkyl halides is 3. The molecule has 0 fully saturated rings. The molecule has 94 valence electrons. The molecule has 3 heteroatoms. The van der Waals surface area contributed by atoms with Crippen LogP contribution in [0.2, 0.25) is 0 Å². The molecule has 0 aliphatic rings. The van der Waals surface area contributed by atoms with Crippen LogP contribution < -0.4 is 0 Å². The van der Waals surface area contributed by atoms with E-state index < -0.39 is 11.7 Å². The maximum atomic E-state index is 12.4. The highest BCUT2D eigenvalue weighted by molar-refractivity contribution is 5.85. The summed E-state index contributed by atoms with van der Waals surface area (Å²) in [5.74, 6) is 0. The number of allylic oxidation sites excluding steroid dienone is 1. The molecule has 0 bridgehead atoms. The van der Waals surface area contributed by atoms with Gasteiger partial charge in [-0.15, -0.1) is 0 Å². The fraction of sp³-hybridized carbons (Fsp3) is 0.200. The van der Waals surface area contributed by atoms with Crippen molar-refractivity contribution in [2.45, 2.75) is 19.0 Å². The van der Waals surface area contributed by atoms with Gasteiger partial charge in [0.25, 0.3) is 0 Å². The first-order chi connectivity index (χ1) is 8.48. The zero-order chi connectivity index (χ0) is 13.2. The molecule has 2 aromatic rings. The van der Waals surface area contributed by atoms with Crippen LogP contribution in [0.15, 0.2) is 54.6 Å². The minimum atomic E-state index is -4.29. The smallest absolute Gasteiger partial charge is 0.167 e. The Balaban J connectivity index is 2.20. The van der Waals surface area contributed by atoms with Gasteiger partial charge in [0.1, 0.15) is 0 Å². The van der Waals surface area contributed by atoms with Gasteiger partial charge < -0.3 is 0 Å². The maximum absolute atomic E-state index is 12.4. The van der Waals surface area contributed by atoms with E-state index in [1.165, 1.54) is 0 Å². The molecular weight excluding hydrogens is 237 g/mol. The molecule has 0 amide bonds. The zero-order valence-corrected chi connectivity index (χ0v) is 9.80. The summed E-state index contributed by atoms with van der Waals surface area (Å²) in [5, 5.41) is 2.06. The Morgan fingerprint density at radius 2 is 1.67 bits per heavy atom. The van der Waals surface area contributed by atoms with Crippen molar-refractivity contribution in [1.82, 2.24) is 0 Å². The van der Waals surface area contributed by atoms with Gasteiger partial charge in [-0.1, -0.05) is 49.0 Å². The van der Waals surface area contributed by atoms with Crippen molar-refractivity contribution in [3.8, 4) is 0 Å². The van der Waals surface area contributed by atoms with Crippen LogP contribution in [0.5, 0.6) is 0 Å². The Hall–Kier alpha value is -1.77. The van der Waals surface area contributed by atoms with Gasteiger partial charge in [0.15, 0.2) is 0 Å². The summed E-state index contributed by atoms with van der Waals surface area (Å²) < 4.78 is 37.1. The standard InChI is InChI=1S/C15H13F3/c1-11(15(16,17)18)9-10-13-7-4-6-12-5-2-3-8-14(12)13/h2-8H,1,9-10H2. The van der Waals surface area contributed by atoms with Gasteiger partial charge in [-0.25, -0.2) is 0 Å². The van der Waals surface area contributed by atoms with Crippen LogP contribution in [-0.2, 0) is 6.42 Å². The minimum Gasteiger partial charge on any atom is -0.167 e. The molecule has 0 aromatic heterocycles. The van der Waals surface area contributed by atoms with Gasteiger partial charge in [-0.2, -0.15) is 13.2 Å². The van der Waals surface area contributed by atoms with Crippen molar-refractivity contribution < 1.29 is 13.2 Å². The normalized spacial score (nSPS) is 11.7. The third kappa shape index (κ3) is 2.73. The van der Waals surface area contributed by atoms with Crippen LogP contribution in [0.3, 0.4) is 0 Å². The van der Waals surface area contributed by atoms with Crippen molar-refractivity contribution in [3.05, 3.63) is 60.2 Å². The quantitative estimate of drug-likeness (QED) is 0.680. The molecule has 0 saturated heterocycles. The molecule has 0 heterocycles. The van der Waals surface area contributed by atoms with E-state index in [0.29, 0.717) is 6.42 Å². The summed E-state index contributed by atoms with van der Waals surface area (Å²) in [4.78, 5) is 0. The number of hydrogen-bond acceptors (Lipinski definition) is 0. The molecule has 2 rings (SSSR count). The first-order valence-electron chi connectivity index (χ1n) is 5.70. The molecule has 0 saturated carbocycles. The number of halogens is 3. The van der Waals surface area contributed by atoms with Crippen molar-refractivity contribution >= 4 is 10.8 Å². The van der Waals surface area contributed by atoms with E-state index in [1.54, 1.807) is 0 Å². The second-order valence-electron chi connectivity index (χ2n) is 4.24. The second kappa shape index (κ2) is 4.84. The van der Waals surface area contributed by atoms with Crippen molar-refractivity contribution in [2.24, 2.45) is 0 Å². The largest absolute Gasteiger partial charge is 0.412 e. The van der Waals surface area contributed by atoms with Crippen molar-refractivity contribution in [2.75, 3.05) is 0 Å². The van der Waals surface area contributed by atoms with E-state index in [4.69, 9.17) is 0 Å². The fourth-order valence-corrected chi connectivity index (χ4v) is 1.94. The zero-order valence-electron chi connectivity index (χ0n) is 9.80. The molecule has 2 aromatic carbocycles. The lowest BCUT2D eigenvalue weighted by Crippen LogP contribution is -2.11. The lowest BCUT2D eigenvalue weighted by Gasteiger charge is -2.11. The van der Waals surface area contributed by atoms with Crippen LogP contribution in [-0.4, -0.2) is 6.18 Å². The summed E-state index contributed by atoms with van der Waals surface area (Å²) in [6, 6.07) is 13.4. The van der Waals surface area contributed by atoms with E-state index in [-0.39, 0.29) is 6.42 Å². The lowest BCUT2D eigenvalue weighted by molar-refractivity contribution is -0.0935. The topological polar surface area (TPSA) is 0 Å². The van der Waals surface area contributed by atoms with Crippen LogP contribution in [0.4, 0.5) is 13.2 Å². The Morgan fingerprint density at radius 3 is 2.39 bits per heavy atom. The van der Waals surface area contributed by atoms with Gasteiger partial charge >= 0.3 is 6.18 Å².